The average molecular weight is 297 g/mol. The summed E-state index contributed by atoms with van der Waals surface area (Å²) in [5, 5.41) is 0.668. The molecule has 2 rings (SSSR count). The predicted octanol–water partition coefficient (Wildman–Crippen LogP) is 2.80. The zero-order valence-corrected chi connectivity index (χ0v) is 13.2. The highest BCUT2D eigenvalue weighted by molar-refractivity contribution is 7.99. The number of ether oxygens (including phenoxy) is 1. The molecule has 1 fully saturated rings. The number of carbonyl (C=O) groups excluding carboxylic acids is 1. The molecule has 0 aliphatic heterocycles. The van der Waals surface area contributed by atoms with Crippen molar-refractivity contribution in [3.63, 3.8) is 0 Å². The van der Waals surface area contributed by atoms with Crippen LogP contribution in [0.4, 0.5) is 5.82 Å². The number of anilines is 1. The van der Waals surface area contributed by atoms with Crippen LogP contribution in [-0.4, -0.2) is 33.6 Å². The molecule has 112 valence electrons. The minimum absolute atomic E-state index is 0.260. The Balaban J connectivity index is 2.25. The zero-order chi connectivity index (χ0) is 14.7. The Bertz CT molecular complexity index is 487. The lowest BCUT2D eigenvalue weighted by atomic mass is 9.94. The third-order valence-corrected chi connectivity index (χ3v) is 4.98. The Morgan fingerprint density at radius 3 is 2.95 bits per heavy atom. The van der Waals surface area contributed by atoms with Crippen molar-refractivity contribution in [3.05, 3.63) is 11.5 Å². The van der Waals surface area contributed by atoms with Crippen LogP contribution in [0.5, 0.6) is 0 Å². The van der Waals surface area contributed by atoms with Crippen LogP contribution in [0.1, 0.15) is 55.0 Å². The summed E-state index contributed by atoms with van der Waals surface area (Å²) >= 11 is 1.91. The molecule has 0 bridgehead atoms. The number of esters is 1. The standard InChI is InChI=1S/C14H23N3O2S/c1-4-19-14(18)12-13(15)17(9(2)16-12)10-6-5-7-11(8-10)20-3/h10-11H,4-8,15H2,1-3H3. The molecule has 1 aromatic heterocycles. The number of carbonyl (C=O) groups is 1. The van der Waals surface area contributed by atoms with E-state index in [1.807, 2.05) is 23.3 Å². The molecule has 6 heteroatoms. The predicted molar refractivity (Wildman–Crippen MR) is 82.1 cm³/mol. The SMILES string of the molecule is CCOC(=O)c1nc(C)n(C2CCCC(SC)C2)c1N. The molecule has 0 amide bonds. The van der Waals surface area contributed by atoms with Gasteiger partial charge in [-0.15, -0.1) is 0 Å². The van der Waals surface area contributed by atoms with Crippen molar-refractivity contribution in [2.45, 2.75) is 50.8 Å². The van der Waals surface area contributed by atoms with Gasteiger partial charge in [-0.2, -0.15) is 11.8 Å². The number of imidazole rings is 1. The number of thioether (sulfide) groups is 1. The van der Waals surface area contributed by atoms with Crippen molar-refractivity contribution in [3.8, 4) is 0 Å². The fourth-order valence-corrected chi connectivity index (χ4v) is 3.76. The topological polar surface area (TPSA) is 70.1 Å². The lowest BCUT2D eigenvalue weighted by Gasteiger charge is -2.30. The largest absolute Gasteiger partial charge is 0.461 e. The first-order valence-corrected chi connectivity index (χ1v) is 8.41. The zero-order valence-electron chi connectivity index (χ0n) is 12.4. The van der Waals surface area contributed by atoms with Crippen molar-refractivity contribution in [2.75, 3.05) is 18.6 Å². The van der Waals surface area contributed by atoms with Gasteiger partial charge in [0.15, 0.2) is 5.69 Å². The van der Waals surface area contributed by atoms with Crippen LogP contribution < -0.4 is 5.73 Å². The van der Waals surface area contributed by atoms with Gasteiger partial charge in [-0.25, -0.2) is 9.78 Å². The molecule has 0 spiro atoms. The molecule has 5 nitrogen and oxygen atoms in total. The van der Waals surface area contributed by atoms with Crippen LogP contribution in [0.3, 0.4) is 0 Å². The molecule has 2 atom stereocenters. The summed E-state index contributed by atoms with van der Waals surface area (Å²) in [6.07, 6.45) is 6.80. The van der Waals surface area contributed by atoms with Crippen molar-refractivity contribution in [1.29, 1.82) is 0 Å². The molecular weight excluding hydrogens is 274 g/mol. The van der Waals surface area contributed by atoms with Crippen molar-refractivity contribution in [1.82, 2.24) is 9.55 Å². The molecule has 1 saturated carbocycles. The molecule has 1 aliphatic rings. The molecular formula is C14H23N3O2S. The Morgan fingerprint density at radius 1 is 1.55 bits per heavy atom. The van der Waals surface area contributed by atoms with Gasteiger partial charge in [-0.05, 0) is 39.4 Å². The smallest absolute Gasteiger partial charge is 0.360 e. The van der Waals surface area contributed by atoms with E-state index in [0.717, 1.165) is 18.7 Å². The van der Waals surface area contributed by atoms with E-state index in [9.17, 15) is 4.79 Å². The highest BCUT2D eigenvalue weighted by Gasteiger charge is 2.28. The van der Waals surface area contributed by atoms with E-state index < -0.39 is 5.97 Å². The number of hydrogen-bond acceptors (Lipinski definition) is 5. The lowest BCUT2D eigenvalue weighted by molar-refractivity contribution is 0.0521. The second kappa shape index (κ2) is 6.52. The van der Waals surface area contributed by atoms with Gasteiger partial charge in [0.05, 0.1) is 6.61 Å². The van der Waals surface area contributed by atoms with E-state index in [4.69, 9.17) is 10.5 Å². The summed E-state index contributed by atoms with van der Waals surface area (Å²) in [6, 6.07) is 0.344. The lowest BCUT2D eigenvalue weighted by Crippen LogP contribution is -2.22. The molecule has 1 aromatic rings. The number of nitrogens with zero attached hydrogens (tertiary/aromatic N) is 2. The molecule has 20 heavy (non-hydrogen) atoms. The van der Waals surface area contributed by atoms with Gasteiger partial charge in [0.2, 0.25) is 0 Å². The Hall–Kier alpha value is -1.17. The molecule has 2 N–H and O–H groups in total. The quantitative estimate of drug-likeness (QED) is 0.865. The monoisotopic (exact) mass is 297 g/mol. The molecule has 0 saturated heterocycles. The van der Waals surface area contributed by atoms with Crippen molar-refractivity contribution < 1.29 is 9.53 Å². The van der Waals surface area contributed by atoms with Gasteiger partial charge in [0.25, 0.3) is 0 Å². The van der Waals surface area contributed by atoms with E-state index in [1.54, 1.807) is 6.92 Å². The van der Waals surface area contributed by atoms with E-state index in [2.05, 4.69) is 11.2 Å². The third kappa shape index (κ3) is 2.95. The summed E-state index contributed by atoms with van der Waals surface area (Å²) in [4.78, 5) is 16.2. The Labute approximate surface area is 124 Å². The van der Waals surface area contributed by atoms with Crippen molar-refractivity contribution >= 4 is 23.5 Å². The summed E-state index contributed by atoms with van der Waals surface area (Å²) in [6.45, 7) is 4.02. The van der Waals surface area contributed by atoms with Crippen LogP contribution in [0.15, 0.2) is 0 Å². The average Bonchev–Trinajstić information content (AvgIpc) is 2.74. The minimum Gasteiger partial charge on any atom is -0.461 e. The van der Waals surface area contributed by atoms with E-state index in [0.29, 0.717) is 23.7 Å². The first kappa shape index (κ1) is 15.2. The molecule has 0 radical (unpaired) electrons. The van der Waals surface area contributed by atoms with E-state index in [-0.39, 0.29) is 5.69 Å². The number of nitrogens with two attached hydrogens (primary N) is 1. The van der Waals surface area contributed by atoms with Gasteiger partial charge in [0.1, 0.15) is 11.6 Å². The van der Waals surface area contributed by atoms with Crippen LogP contribution in [0.2, 0.25) is 0 Å². The van der Waals surface area contributed by atoms with Crippen LogP contribution >= 0.6 is 11.8 Å². The summed E-state index contributed by atoms with van der Waals surface area (Å²) in [7, 11) is 0. The first-order chi connectivity index (χ1) is 9.58. The second-order valence-corrected chi connectivity index (χ2v) is 6.30. The molecule has 1 aliphatic carbocycles. The molecule has 0 aromatic carbocycles. The third-order valence-electron chi connectivity index (χ3n) is 3.89. The number of aromatic nitrogens is 2. The Morgan fingerprint density at radius 2 is 2.30 bits per heavy atom. The Kier molecular flexibility index (Phi) is 4.96. The maximum atomic E-state index is 11.9. The van der Waals surface area contributed by atoms with Gasteiger partial charge < -0.3 is 15.0 Å². The second-order valence-electron chi connectivity index (χ2n) is 5.16. The number of rotatable bonds is 4. The first-order valence-electron chi connectivity index (χ1n) is 7.12. The number of hydrogen-bond donors (Lipinski definition) is 1. The maximum Gasteiger partial charge on any atom is 0.360 e. The van der Waals surface area contributed by atoms with Gasteiger partial charge in [-0.3, -0.25) is 0 Å². The van der Waals surface area contributed by atoms with Gasteiger partial charge in [-0.1, -0.05) is 6.42 Å². The number of nitrogen functional groups attached to an aromatic ring is 1. The van der Waals surface area contributed by atoms with E-state index >= 15 is 0 Å². The van der Waals surface area contributed by atoms with E-state index in [1.165, 1.54) is 12.8 Å². The normalized spacial score (nSPS) is 22.8. The van der Waals surface area contributed by atoms with Crippen molar-refractivity contribution in [2.24, 2.45) is 0 Å². The minimum atomic E-state index is -0.427. The fraction of sp³-hybridized carbons (Fsp3) is 0.714. The van der Waals surface area contributed by atoms with Gasteiger partial charge >= 0.3 is 5.97 Å². The van der Waals surface area contributed by atoms with Gasteiger partial charge in [0, 0.05) is 11.3 Å². The highest BCUT2D eigenvalue weighted by atomic mass is 32.2. The summed E-state index contributed by atoms with van der Waals surface area (Å²) in [5.41, 5.74) is 6.41. The highest BCUT2D eigenvalue weighted by Crippen LogP contribution is 2.36. The summed E-state index contributed by atoms with van der Waals surface area (Å²) in [5.74, 6) is 0.828. The fourth-order valence-electron chi connectivity index (χ4n) is 2.94. The summed E-state index contributed by atoms with van der Waals surface area (Å²) < 4.78 is 7.03. The maximum absolute atomic E-state index is 11.9. The van der Waals surface area contributed by atoms with Crippen LogP contribution in [-0.2, 0) is 4.74 Å². The van der Waals surface area contributed by atoms with Crippen LogP contribution in [0, 0.1) is 6.92 Å². The molecule has 2 unspecified atom stereocenters. The number of aryl methyl sites for hydroxylation is 1. The van der Waals surface area contributed by atoms with Crippen LogP contribution in [0.25, 0.3) is 0 Å². The molecule has 1 heterocycles.